The second kappa shape index (κ2) is 8.07. The average molecular weight is 359 g/mol. The molecule has 0 saturated carbocycles. The largest absolute Gasteiger partial charge is 0.493 e. The zero-order chi connectivity index (χ0) is 18.5. The van der Waals surface area contributed by atoms with Crippen molar-refractivity contribution in [3.63, 3.8) is 0 Å². The van der Waals surface area contributed by atoms with Crippen molar-refractivity contribution in [3.8, 4) is 5.75 Å². The Kier molecular flexibility index (Phi) is 5.60. The number of aryl methyl sites for hydroxylation is 1. The van der Waals surface area contributed by atoms with Crippen molar-refractivity contribution in [3.05, 3.63) is 41.9 Å². The molecule has 1 aliphatic heterocycles. The highest BCUT2D eigenvalue weighted by molar-refractivity contribution is 5.91. The van der Waals surface area contributed by atoms with Crippen molar-refractivity contribution < 1.29 is 13.9 Å². The van der Waals surface area contributed by atoms with Gasteiger partial charge in [-0.15, -0.1) is 0 Å². The number of nitrogens with zero attached hydrogens (tertiary/aromatic N) is 4. The molecule has 0 aromatic carbocycles. The van der Waals surface area contributed by atoms with E-state index in [9.17, 15) is 9.18 Å². The number of pyridine rings is 1. The van der Waals surface area contributed by atoms with E-state index < -0.39 is 5.91 Å². The second-order valence-corrected chi connectivity index (χ2v) is 6.29. The maximum absolute atomic E-state index is 14.4. The van der Waals surface area contributed by atoms with Crippen LogP contribution < -0.4 is 15.4 Å². The van der Waals surface area contributed by atoms with Gasteiger partial charge in [-0.2, -0.15) is 0 Å². The van der Waals surface area contributed by atoms with Gasteiger partial charge in [0.1, 0.15) is 17.8 Å². The first-order valence-electron chi connectivity index (χ1n) is 8.71. The first-order valence-corrected chi connectivity index (χ1v) is 8.71. The Labute approximate surface area is 151 Å². The molecule has 7 nitrogen and oxygen atoms in total. The van der Waals surface area contributed by atoms with Gasteiger partial charge in [0.05, 0.1) is 12.3 Å². The van der Waals surface area contributed by atoms with E-state index in [2.05, 4.69) is 15.0 Å². The molecule has 0 aliphatic carbocycles. The van der Waals surface area contributed by atoms with Crippen LogP contribution in [0.4, 0.5) is 10.2 Å². The molecule has 2 aromatic heterocycles. The van der Waals surface area contributed by atoms with Gasteiger partial charge in [-0.1, -0.05) is 6.92 Å². The normalized spacial score (nSPS) is 15.1. The maximum atomic E-state index is 14.4. The molecule has 1 aliphatic rings. The summed E-state index contributed by atoms with van der Waals surface area (Å²) in [6, 6.07) is 3.24. The van der Waals surface area contributed by atoms with E-state index in [1.165, 1.54) is 12.5 Å². The maximum Gasteiger partial charge on any atom is 0.267 e. The molecule has 2 N–H and O–H groups in total. The molecule has 138 valence electrons. The summed E-state index contributed by atoms with van der Waals surface area (Å²) < 4.78 is 20.2. The molecule has 0 radical (unpaired) electrons. The minimum atomic E-state index is -0.581. The minimum Gasteiger partial charge on any atom is -0.493 e. The Hall–Kier alpha value is -2.77. The van der Waals surface area contributed by atoms with Crippen molar-refractivity contribution in [2.24, 2.45) is 11.7 Å². The van der Waals surface area contributed by atoms with Gasteiger partial charge in [0.15, 0.2) is 11.6 Å². The fourth-order valence-corrected chi connectivity index (χ4v) is 3.02. The molecule has 0 spiro atoms. The van der Waals surface area contributed by atoms with Gasteiger partial charge in [-0.25, -0.2) is 14.4 Å². The lowest BCUT2D eigenvalue weighted by molar-refractivity contribution is 0.0995. The number of nitrogens with two attached hydrogens (primary N) is 1. The molecule has 1 fully saturated rings. The molecule has 3 heterocycles. The lowest BCUT2D eigenvalue weighted by Crippen LogP contribution is -2.36. The van der Waals surface area contributed by atoms with Crippen LogP contribution in [0.25, 0.3) is 0 Å². The van der Waals surface area contributed by atoms with E-state index in [1.54, 1.807) is 12.1 Å². The lowest BCUT2D eigenvalue weighted by Gasteiger charge is -2.32. The van der Waals surface area contributed by atoms with Crippen LogP contribution in [0, 0.1) is 11.7 Å². The zero-order valence-corrected chi connectivity index (χ0v) is 14.7. The molecule has 3 rings (SSSR count). The van der Waals surface area contributed by atoms with Crippen molar-refractivity contribution >= 4 is 11.7 Å². The van der Waals surface area contributed by atoms with E-state index in [4.69, 9.17) is 10.5 Å². The molecule has 26 heavy (non-hydrogen) atoms. The summed E-state index contributed by atoms with van der Waals surface area (Å²) in [5.74, 6) is 0.414. The number of hydrogen-bond donors (Lipinski definition) is 1. The Bertz CT molecular complexity index is 778. The zero-order valence-electron chi connectivity index (χ0n) is 14.7. The van der Waals surface area contributed by atoms with E-state index >= 15 is 0 Å². The summed E-state index contributed by atoms with van der Waals surface area (Å²) in [6.45, 7) is 3.84. The fourth-order valence-electron chi connectivity index (χ4n) is 3.02. The molecular weight excluding hydrogens is 337 g/mol. The number of hydrogen-bond acceptors (Lipinski definition) is 6. The number of anilines is 1. The minimum absolute atomic E-state index is 0.184. The van der Waals surface area contributed by atoms with Gasteiger partial charge in [0.2, 0.25) is 0 Å². The van der Waals surface area contributed by atoms with Crippen molar-refractivity contribution in [1.29, 1.82) is 0 Å². The first-order chi connectivity index (χ1) is 12.6. The molecule has 0 atom stereocenters. The topological polar surface area (TPSA) is 94.2 Å². The summed E-state index contributed by atoms with van der Waals surface area (Å²) in [6.07, 6.45) is 5.22. The third-order valence-electron chi connectivity index (χ3n) is 4.56. The van der Waals surface area contributed by atoms with Crippen LogP contribution in [0.1, 0.15) is 35.9 Å². The van der Waals surface area contributed by atoms with Crippen LogP contribution in [0.2, 0.25) is 0 Å². The predicted molar refractivity (Wildman–Crippen MR) is 94.6 cm³/mol. The smallest absolute Gasteiger partial charge is 0.267 e. The Morgan fingerprint density at radius 2 is 2.12 bits per heavy atom. The second-order valence-electron chi connectivity index (χ2n) is 6.29. The first kappa shape index (κ1) is 18.0. The number of rotatable bonds is 6. The quantitative estimate of drug-likeness (QED) is 0.847. The van der Waals surface area contributed by atoms with E-state index in [-0.39, 0.29) is 11.5 Å². The standard InChI is InChI=1S/C18H22FN5O2/c1-2-14-16(19)18(23-11-22-14)24-7-4-12(5-8-24)10-26-13-3-6-21-15(9-13)17(20)25/h3,6,9,11-12H,2,4-5,7-8,10H2,1H3,(H2,20,25). The number of ether oxygens (including phenoxy) is 1. The van der Waals surface area contributed by atoms with E-state index in [1.807, 2.05) is 11.8 Å². The van der Waals surface area contributed by atoms with Crippen LogP contribution in [0.3, 0.4) is 0 Å². The molecular formula is C18H22FN5O2. The highest BCUT2D eigenvalue weighted by Crippen LogP contribution is 2.25. The third-order valence-corrected chi connectivity index (χ3v) is 4.56. The van der Waals surface area contributed by atoms with Crippen molar-refractivity contribution in [1.82, 2.24) is 15.0 Å². The number of carbonyl (C=O) groups excluding carboxylic acids is 1. The summed E-state index contributed by atoms with van der Waals surface area (Å²) in [5, 5.41) is 0. The summed E-state index contributed by atoms with van der Waals surface area (Å²) in [5.41, 5.74) is 5.85. The number of halogens is 1. The highest BCUT2D eigenvalue weighted by atomic mass is 19.1. The van der Waals surface area contributed by atoms with Crippen molar-refractivity contribution in [2.45, 2.75) is 26.2 Å². The van der Waals surface area contributed by atoms with Gasteiger partial charge in [0.25, 0.3) is 5.91 Å². The van der Waals surface area contributed by atoms with E-state index in [0.29, 0.717) is 49.3 Å². The molecule has 1 amide bonds. The van der Waals surface area contributed by atoms with Crippen LogP contribution in [-0.2, 0) is 6.42 Å². The average Bonchev–Trinajstić information content (AvgIpc) is 2.67. The van der Waals surface area contributed by atoms with Gasteiger partial charge >= 0.3 is 0 Å². The lowest BCUT2D eigenvalue weighted by atomic mass is 9.98. The summed E-state index contributed by atoms with van der Waals surface area (Å²) >= 11 is 0. The molecule has 8 heteroatoms. The molecule has 0 unspecified atom stereocenters. The van der Waals surface area contributed by atoms with Gasteiger partial charge in [-0.05, 0) is 31.2 Å². The Morgan fingerprint density at radius 1 is 1.35 bits per heavy atom. The predicted octanol–water partition coefficient (Wildman–Crippen LogP) is 1.97. The van der Waals surface area contributed by atoms with Gasteiger partial charge in [-0.3, -0.25) is 9.78 Å². The number of aromatic nitrogens is 3. The molecule has 2 aromatic rings. The number of amides is 1. The van der Waals surface area contributed by atoms with Crippen molar-refractivity contribution in [2.75, 3.05) is 24.6 Å². The molecule has 0 bridgehead atoms. The van der Waals surface area contributed by atoms with Gasteiger partial charge in [0, 0.05) is 25.4 Å². The SMILES string of the molecule is CCc1ncnc(N2CCC(COc3ccnc(C(N)=O)c3)CC2)c1F. The third kappa shape index (κ3) is 4.07. The van der Waals surface area contributed by atoms with Crippen LogP contribution in [0.5, 0.6) is 5.75 Å². The number of piperidine rings is 1. The fraction of sp³-hybridized carbons (Fsp3) is 0.444. The van der Waals surface area contributed by atoms with Crippen LogP contribution >= 0.6 is 0 Å². The molecule has 1 saturated heterocycles. The Balaban J connectivity index is 1.54. The van der Waals surface area contributed by atoms with Crippen LogP contribution in [-0.4, -0.2) is 40.6 Å². The van der Waals surface area contributed by atoms with Crippen LogP contribution in [0.15, 0.2) is 24.7 Å². The van der Waals surface area contributed by atoms with Gasteiger partial charge < -0.3 is 15.4 Å². The number of carbonyl (C=O) groups is 1. The highest BCUT2D eigenvalue weighted by Gasteiger charge is 2.24. The number of primary amides is 1. The summed E-state index contributed by atoms with van der Waals surface area (Å²) in [7, 11) is 0. The van der Waals surface area contributed by atoms with E-state index in [0.717, 1.165) is 12.8 Å². The summed E-state index contributed by atoms with van der Waals surface area (Å²) in [4.78, 5) is 25.1. The Morgan fingerprint density at radius 3 is 2.81 bits per heavy atom. The monoisotopic (exact) mass is 359 g/mol.